The first-order valence-corrected chi connectivity index (χ1v) is 4.96. The molecule has 0 aromatic heterocycles. The molecule has 0 aliphatic heterocycles. The van der Waals surface area contributed by atoms with E-state index in [1.54, 1.807) is 7.05 Å². The van der Waals surface area contributed by atoms with Gasteiger partial charge in [-0.3, -0.25) is 4.84 Å². The number of nitrogens with zero attached hydrogens (tertiary/aromatic N) is 1. The topological polar surface area (TPSA) is 38.8 Å². The molecule has 0 aliphatic rings. The first kappa shape index (κ1) is 13.2. The van der Waals surface area contributed by atoms with Crippen molar-refractivity contribution in [2.75, 3.05) is 13.7 Å². The summed E-state index contributed by atoms with van der Waals surface area (Å²) in [6.07, 6.45) is 1.53. The van der Waals surface area contributed by atoms with Crippen molar-refractivity contribution in [2.24, 2.45) is 0 Å². The Hall–Kier alpha value is -0.770. The van der Waals surface area contributed by atoms with Crippen molar-refractivity contribution < 1.29 is 14.4 Å². The van der Waals surface area contributed by atoms with Gasteiger partial charge >= 0.3 is 6.09 Å². The molecule has 0 saturated heterocycles. The summed E-state index contributed by atoms with van der Waals surface area (Å²) >= 11 is 0. The zero-order valence-electron chi connectivity index (χ0n) is 9.79. The SMILES string of the molecule is CCCCON(C)C(=O)OC(C)(C)C. The van der Waals surface area contributed by atoms with Crippen molar-refractivity contribution >= 4 is 6.09 Å². The van der Waals surface area contributed by atoms with Gasteiger partial charge in [-0.25, -0.2) is 4.79 Å². The van der Waals surface area contributed by atoms with E-state index in [4.69, 9.17) is 9.57 Å². The molecule has 0 rings (SSSR count). The summed E-state index contributed by atoms with van der Waals surface area (Å²) in [5.74, 6) is 0. The Morgan fingerprint density at radius 2 is 1.93 bits per heavy atom. The molecule has 0 aromatic rings. The van der Waals surface area contributed by atoms with Crippen LogP contribution < -0.4 is 0 Å². The number of hydrogen-bond acceptors (Lipinski definition) is 3. The largest absolute Gasteiger partial charge is 0.442 e. The lowest BCUT2D eigenvalue weighted by atomic mass is 10.2. The van der Waals surface area contributed by atoms with E-state index in [1.165, 1.54) is 0 Å². The van der Waals surface area contributed by atoms with Gasteiger partial charge in [0.05, 0.1) is 6.61 Å². The smallest absolute Gasteiger partial charge is 0.434 e. The molecule has 84 valence electrons. The van der Waals surface area contributed by atoms with E-state index in [1.807, 2.05) is 20.8 Å². The van der Waals surface area contributed by atoms with E-state index in [0.717, 1.165) is 17.9 Å². The van der Waals surface area contributed by atoms with Crippen LogP contribution >= 0.6 is 0 Å². The molecule has 4 nitrogen and oxygen atoms in total. The fourth-order valence-corrected chi connectivity index (χ4v) is 0.725. The lowest BCUT2D eigenvalue weighted by molar-refractivity contribution is -0.131. The molecular formula is C10H21NO3. The van der Waals surface area contributed by atoms with Crippen molar-refractivity contribution in [1.82, 2.24) is 5.06 Å². The van der Waals surface area contributed by atoms with E-state index in [2.05, 4.69) is 6.92 Å². The average Bonchev–Trinajstić information content (AvgIpc) is 2.01. The van der Waals surface area contributed by atoms with Crippen LogP contribution in [0.5, 0.6) is 0 Å². The quantitative estimate of drug-likeness (QED) is 0.520. The lowest BCUT2D eigenvalue weighted by Crippen LogP contribution is -2.34. The maximum absolute atomic E-state index is 11.3. The van der Waals surface area contributed by atoms with E-state index < -0.39 is 11.7 Å². The molecule has 0 spiro atoms. The zero-order chi connectivity index (χ0) is 11.2. The number of unbranched alkanes of at least 4 members (excludes halogenated alkanes) is 1. The van der Waals surface area contributed by atoms with Gasteiger partial charge in [0.25, 0.3) is 0 Å². The van der Waals surface area contributed by atoms with Crippen molar-refractivity contribution in [2.45, 2.75) is 46.1 Å². The second-order valence-electron chi connectivity index (χ2n) is 4.16. The highest BCUT2D eigenvalue weighted by atomic mass is 16.7. The van der Waals surface area contributed by atoms with Crippen LogP contribution in [0.1, 0.15) is 40.5 Å². The molecular weight excluding hydrogens is 182 g/mol. The summed E-state index contributed by atoms with van der Waals surface area (Å²) in [6, 6.07) is 0. The number of hydrogen-bond donors (Lipinski definition) is 0. The van der Waals surface area contributed by atoms with Gasteiger partial charge in [0.1, 0.15) is 5.60 Å². The highest BCUT2D eigenvalue weighted by molar-refractivity contribution is 5.66. The standard InChI is InChI=1S/C10H21NO3/c1-6-7-8-13-11(5)9(12)14-10(2,3)4/h6-8H2,1-5H3. The van der Waals surface area contributed by atoms with Crippen LogP contribution in [-0.2, 0) is 9.57 Å². The number of carbonyl (C=O) groups excluding carboxylic acids is 1. The fourth-order valence-electron chi connectivity index (χ4n) is 0.725. The van der Waals surface area contributed by atoms with Crippen molar-refractivity contribution in [3.8, 4) is 0 Å². The Balaban J connectivity index is 3.77. The highest BCUT2D eigenvalue weighted by Crippen LogP contribution is 2.09. The van der Waals surface area contributed by atoms with Crippen LogP contribution in [-0.4, -0.2) is 30.4 Å². The summed E-state index contributed by atoms with van der Waals surface area (Å²) in [6.45, 7) is 8.09. The molecule has 0 saturated carbocycles. The van der Waals surface area contributed by atoms with Gasteiger partial charge in [0.2, 0.25) is 0 Å². The minimum Gasteiger partial charge on any atom is -0.442 e. The van der Waals surface area contributed by atoms with Crippen molar-refractivity contribution in [3.05, 3.63) is 0 Å². The molecule has 0 unspecified atom stereocenters. The third-order valence-electron chi connectivity index (χ3n) is 1.43. The third kappa shape index (κ3) is 6.71. The molecule has 0 radical (unpaired) electrons. The van der Waals surface area contributed by atoms with Crippen LogP contribution in [0.4, 0.5) is 4.79 Å². The molecule has 14 heavy (non-hydrogen) atoms. The van der Waals surface area contributed by atoms with Crippen LogP contribution in [0.15, 0.2) is 0 Å². The summed E-state index contributed by atoms with van der Waals surface area (Å²) in [5.41, 5.74) is -0.473. The Bertz CT molecular complexity index is 175. The molecule has 4 heteroatoms. The maximum atomic E-state index is 11.3. The first-order chi connectivity index (χ1) is 6.37. The summed E-state index contributed by atoms with van der Waals surface area (Å²) < 4.78 is 5.09. The van der Waals surface area contributed by atoms with E-state index >= 15 is 0 Å². The molecule has 0 heterocycles. The molecule has 0 aliphatic carbocycles. The van der Waals surface area contributed by atoms with Crippen molar-refractivity contribution in [3.63, 3.8) is 0 Å². The van der Waals surface area contributed by atoms with E-state index in [-0.39, 0.29) is 0 Å². The number of ether oxygens (including phenoxy) is 1. The summed E-state index contributed by atoms with van der Waals surface area (Å²) in [4.78, 5) is 16.5. The first-order valence-electron chi connectivity index (χ1n) is 4.96. The predicted octanol–water partition coefficient (Wildman–Crippen LogP) is 2.59. The molecule has 1 amide bonds. The van der Waals surface area contributed by atoms with Crippen LogP contribution in [0.2, 0.25) is 0 Å². The Kier molecular flexibility index (Phi) is 5.53. The minimum absolute atomic E-state index is 0.450. The molecule has 0 fully saturated rings. The molecule has 0 atom stereocenters. The van der Waals surface area contributed by atoms with E-state index in [0.29, 0.717) is 6.61 Å². The Morgan fingerprint density at radius 3 is 2.36 bits per heavy atom. The second kappa shape index (κ2) is 5.86. The zero-order valence-corrected chi connectivity index (χ0v) is 9.79. The summed E-state index contributed by atoms with van der Waals surface area (Å²) in [7, 11) is 1.56. The summed E-state index contributed by atoms with van der Waals surface area (Å²) in [5, 5.41) is 1.14. The van der Waals surface area contributed by atoms with Crippen LogP contribution in [0.3, 0.4) is 0 Å². The van der Waals surface area contributed by atoms with Crippen LogP contribution in [0, 0.1) is 0 Å². The second-order valence-corrected chi connectivity index (χ2v) is 4.16. The molecule has 0 bridgehead atoms. The predicted molar refractivity (Wildman–Crippen MR) is 54.9 cm³/mol. The maximum Gasteiger partial charge on any atom is 0.434 e. The Labute approximate surface area is 86.1 Å². The normalized spacial score (nSPS) is 11.2. The monoisotopic (exact) mass is 203 g/mol. The number of rotatable bonds is 4. The van der Waals surface area contributed by atoms with Crippen molar-refractivity contribution in [1.29, 1.82) is 0 Å². The Morgan fingerprint density at radius 1 is 1.36 bits per heavy atom. The van der Waals surface area contributed by atoms with Gasteiger partial charge in [-0.2, -0.15) is 5.06 Å². The molecule has 0 N–H and O–H groups in total. The van der Waals surface area contributed by atoms with Gasteiger partial charge in [-0.05, 0) is 27.2 Å². The lowest BCUT2D eigenvalue weighted by Gasteiger charge is -2.23. The van der Waals surface area contributed by atoms with E-state index in [9.17, 15) is 4.79 Å². The van der Waals surface area contributed by atoms with Gasteiger partial charge in [-0.1, -0.05) is 13.3 Å². The number of hydroxylamine groups is 2. The van der Waals surface area contributed by atoms with Gasteiger partial charge in [0, 0.05) is 7.05 Å². The number of amides is 1. The number of carbonyl (C=O) groups is 1. The highest BCUT2D eigenvalue weighted by Gasteiger charge is 2.19. The minimum atomic E-state index is -0.473. The average molecular weight is 203 g/mol. The van der Waals surface area contributed by atoms with Gasteiger partial charge < -0.3 is 4.74 Å². The fraction of sp³-hybridized carbons (Fsp3) is 0.900. The third-order valence-corrected chi connectivity index (χ3v) is 1.43. The van der Waals surface area contributed by atoms with Gasteiger partial charge in [0.15, 0.2) is 0 Å². The van der Waals surface area contributed by atoms with Crippen LogP contribution in [0.25, 0.3) is 0 Å². The molecule has 0 aromatic carbocycles. The van der Waals surface area contributed by atoms with Gasteiger partial charge in [-0.15, -0.1) is 0 Å².